The quantitative estimate of drug-likeness (QED) is 0.849. The molecule has 0 aliphatic carbocycles. The van der Waals surface area contributed by atoms with Gasteiger partial charge in [0.05, 0.1) is 24.4 Å². The van der Waals surface area contributed by atoms with Crippen molar-refractivity contribution in [3.8, 4) is 0 Å². The van der Waals surface area contributed by atoms with Gasteiger partial charge in [-0.25, -0.2) is 13.8 Å². The van der Waals surface area contributed by atoms with Crippen LogP contribution in [0.3, 0.4) is 0 Å². The van der Waals surface area contributed by atoms with Gasteiger partial charge in [0.15, 0.2) is 5.17 Å². The lowest BCUT2D eigenvalue weighted by Crippen LogP contribution is -2.52. The molecule has 3 aliphatic rings. The summed E-state index contributed by atoms with van der Waals surface area (Å²) in [6.07, 6.45) is 2.70. The molecular formula is C19H24F2N2O2S. The highest BCUT2D eigenvalue weighted by atomic mass is 32.2. The van der Waals surface area contributed by atoms with Gasteiger partial charge < -0.3 is 15.2 Å². The lowest BCUT2D eigenvalue weighted by molar-refractivity contribution is -0.137. The van der Waals surface area contributed by atoms with Gasteiger partial charge in [-0.1, -0.05) is 17.8 Å². The van der Waals surface area contributed by atoms with Crippen LogP contribution in [0.4, 0.5) is 8.78 Å². The van der Waals surface area contributed by atoms with E-state index in [1.54, 1.807) is 0 Å². The zero-order chi connectivity index (χ0) is 18.5. The minimum Gasteiger partial charge on any atom is -0.379 e. The van der Waals surface area contributed by atoms with Crippen molar-refractivity contribution >= 4 is 16.9 Å². The first-order valence-corrected chi connectivity index (χ1v) is 10.0. The topological polar surface area (TPSA) is 56.8 Å². The standard InChI is InChI=1S/C19H24F2N2O2S/c1-18(2)6-5-15(25-18)16-7-11-9-26-17(22)23-19(11,10-24-16)13-4-3-12(20)8-14(13)21/h3-4,8,11,15-16H,5-7,9-10H2,1-2H3,(H2,22,23). The van der Waals surface area contributed by atoms with E-state index in [1.807, 2.05) is 0 Å². The Hall–Kier alpha value is -1.18. The number of rotatable bonds is 2. The predicted octanol–water partition coefficient (Wildman–Crippen LogP) is 3.58. The first-order valence-electron chi connectivity index (χ1n) is 9.02. The second-order valence-corrected chi connectivity index (χ2v) is 9.09. The Morgan fingerprint density at radius 2 is 2.08 bits per heavy atom. The molecule has 0 bridgehead atoms. The highest BCUT2D eigenvalue weighted by Crippen LogP contribution is 2.48. The van der Waals surface area contributed by atoms with Gasteiger partial charge in [0.25, 0.3) is 0 Å². The minimum absolute atomic E-state index is 0.0338. The Bertz CT molecular complexity index is 742. The van der Waals surface area contributed by atoms with Crippen LogP contribution in [0.1, 0.15) is 38.7 Å². The molecule has 1 aromatic rings. The van der Waals surface area contributed by atoms with Crippen LogP contribution in [0.2, 0.25) is 0 Å². The summed E-state index contributed by atoms with van der Waals surface area (Å²) in [4.78, 5) is 4.62. The second kappa shape index (κ2) is 6.46. The summed E-state index contributed by atoms with van der Waals surface area (Å²) >= 11 is 1.49. The van der Waals surface area contributed by atoms with E-state index in [1.165, 1.54) is 23.9 Å². The van der Waals surface area contributed by atoms with Crippen molar-refractivity contribution in [3.05, 3.63) is 35.4 Å². The van der Waals surface area contributed by atoms with E-state index >= 15 is 0 Å². The third-order valence-electron chi connectivity index (χ3n) is 5.77. The largest absolute Gasteiger partial charge is 0.379 e. The Balaban J connectivity index is 1.64. The molecule has 0 aromatic heterocycles. The smallest absolute Gasteiger partial charge is 0.154 e. The molecule has 0 spiro atoms. The number of amidine groups is 1. The number of hydrogen-bond acceptors (Lipinski definition) is 5. The third kappa shape index (κ3) is 3.14. The normalized spacial score (nSPS) is 36.5. The van der Waals surface area contributed by atoms with Crippen molar-refractivity contribution in [1.82, 2.24) is 0 Å². The van der Waals surface area contributed by atoms with E-state index in [2.05, 4.69) is 18.8 Å². The van der Waals surface area contributed by atoms with Crippen LogP contribution in [0.15, 0.2) is 23.2 Å². The van der Waals surface area contributed by atoms with Gasteiger partial charge in [0.1, 0.15) is 17.2 Å². The van der Waals surface area contributed by atoms with E-state index in [-0.39, 0.29) is 30.3 Å². The number of benzene rings is 1. The van der Waals surface area contributed by atoms with Crippen LogP contribution in [-0.2, 0) is 15.0 Å². The fraction of sp³-hybridized carbons (Fsp3) is 0.632. The molecule has 4 atom stereocenters. The summed E-state index contributed by atoms with van der Waals surface area (Å²) in [5.41, 5.74) is 5.31. The molecule has 2 fully saturated rings. The monoisotopic (exact) mass is 382 g/mol. The third-order valence-corrected chi connectivity index (χ3v) is 6.72. The number of hydrogen-bond donors (Lipinski definition) is 1. The summed E-state index contributed by atoms with van der Waals surface area (Å²) in [6.45, 7) is 4.41. The lowest BCUT2D eigenvalue weighted by Gasteiger charge is -2.47. The molecule has 0 radical (unpaired) electrons. The average Bonchev–Trinajstić information content (AvgIpc) is 2.94. The van der Waals surface area contributed by atoms with Gasteiger partial charge >= 0.3 is 0 Å². The lowest BCUT2D eigenvalue weighted by atomic mass is 9.74. The number of thioether (sulfide) groups is 1. The predicted molar refractivity (Wildman–Crippen MR) is 98.1 cm³/mol. The maximum Gasteiger partial charge on any atom is 0.154 e. The molecule has 3 heterocycles. The number of ether oxygens (including phenoxy) is 2. The van der Waals surface area contributed by atoms with Crippen LogP contribution in [-0.4, -0.2) is 35.3 Å². The van der Waals surface area contributed by atoms with E-state index in [9.17, 15) is 8.78 Å². The van der Waals surface area contributed by atoms with Gasteiger partial charge in [0, 0.05) is 23.3 Å². The molecule has 0 saturated carbocycles. The highest BCUT2D eigenvalue weighted by Gasteiger charge is 2.51. The first kappa shape index (κ1) is 18.2. The number of nitrogens with zero attached hydrogens (tertiary/aromatic N) is 1. The van der Waals surface area contributed by atoms with Crippen LogP contribution in [0, 0.1) is 17.6 Å². The van der Waals surface area contributed by atoms with Gasteiger partial charge in [-0.2, -0.15) is 0 Å². The van der Waals surface area contributed by atoms with Crippen LogP contribution in [0.25, 0.3) is 0 Å². The molecule has 7 heteroatoms. The van der Waals surface area contributed by atoms with Crippen LogP contribution >= 0.6 is 11.8 Å². The average molecular weight is 382 g/mol. The number of aliphatic imine (C=N–C) groups is 1. The summed E-state index contributed by atoms with van der Waals surface area (Å²) in [6, 6.07) is 3.65. The number of halogens is 2. The Morgan fingerprint density at radius 1 is 1.27 bits per heavy atom. The van der Waals surface area contributed by atoms with Crippen molar-refractivity contribution in [3.63, 3.8) is 0 Å². The second-order valence-electron chi connectivity index (χ2n) is 8.05. The molecule has 0 amide bonds. The van der Waals surface area contributed by atoms with E-state index < -0.39 is 17.2 Å². The van der Waals surface area contributed by atoms with E-state index in [0.29, 0.717) is 10.7 Å². The maximum absolute atomic E-state index is 14.6. The fourth-order valence-electron chi connectivity index (χ4n) is 4.38. The Morgan fingerprint density at radius 3 is 2.77 bits per heavy atom. The summed E-state index contributed by atoms with van der Waals surface area (Å²) in [5.74, 6) is -0.399. The number of fused-ring (bicyclic) bond motifs is 1. The summed E-state index contributed by atoms with van der Waals surface area (Å²) in [5, 5.41) is 0.422. The van der Waals surface area contributed by atoms with E-state index in [4.69, 9.17) is 15.2 Å². The molecule has 2 saturated heterocycles. The summed E-state index contributed by atoms with van der Waals surface area (Å²) in [7, 11) is 0. The zero-order valence-electron chi connectivity index (χ0n) is 15.0. The first-order chi connectivity index (χ1) is 12.3. The molecule has 4 unspecified atom stereocenters. The molecule has 2 N–H and O–H groups in total. The van der Waals surface area contributed by atoms with E-state index in [0.717, 1.165) is 31.1 Å². The fourth-order valence-corrected chi connectivity index (χ4v) is 5.39. The minimum atomic E-state index is -0.891. The van der Waals surface area contributed by atoms with Crippen LogP contribution < -0.4 is 5.73 Å². The molecule has 4 rings (SSSR count). The van der Waals surface area contributed by atoms with Crippen molar-refractivity contribution in [2.24, 2.45) is 16.6 Å². The Labute approximate surface area is 156 Å². The SMILES string of the molecule is CC1(C)CCC(C2CC3CSC(N)=NC3(c3ccc(F)cc3F)CO2)O1. The molecule has 1 aromatic carbocycles. The molecule has 142 valence electrons. The maximum atomic E-state index is 14.6. The van der Waals surface area contributed by atoms with Crippen molar-refractivity contribution in [2.75, 3.05) is 12.4 Å². The molecule has 26 heavy (non-hydrogen) atoms. The van der Waals surface area contributed by atoms with Crippen molar-refractivity contribution in [2.45, 2.75) is 56.5 Å². The Kier molecular flexibility index (Phi) is 4.52. The highest BCUT2D eigenvalue weighted by molar-refractivity contribution is 8.13. The van der Waals surface area contributed by atoms with Gasteiger partial charge in [0.2, 0.25) is 0 Å². The van der Waals surface area contributed by atoms with Gasteiger partial charge in [-0.15, -0.1) is 0 Å². The summed E-state index contributed by atoms with van der Waals surface area (Å²) < 4.78 is 40.3. The molecule has 3 aliphatic heterocycles. The van der Waals surface area contributed by atoms with Crippen LogP contribution in [0.5, 0.6) is 0 Å². The van der Waals surface area contributed by atoms with Gasteiger partial charge in [-0.3, -0.25) is 0 Å². The number of nitrogens with two attached hydrogens (primary N) is 1. The van der Waals surface area contributed by atoms with Gasteiger partial charge in [-0.05, 0) is 39.2 Å². The molecular weight excluding hydrogens is 358 g/mol. The zero-order valence-corrected chi connectivity index (χ0v) is 15.8. The van der Waals surface area contributed by atoms with Crippen molar-refractivity contribution < 1.29 is 18.3 Å². The molecule has 4 nitrogen and oxygen atoms in total. The van der Waals surface area contributed by atoms with Crippen molar-refractivity contribution in [1.29, 1.82) is 0 Å².